The molecule has 0 aliphatic rings. The van der Waals surface area contributed by atoms with Gasteiger partial charge in [0.25, 0.3) is 5.91 Å². The van der Waals surface area contributed by atoms with Crippen molar-refractivity contribution in [3.05, 3.63) is 41.9 Å². The monoisotopic (exact) mass is 358 g/mol. The molecule has 0 saturated carbocycles. The zero-order valence-corrected chi connectivity index (χ0v) is 15.5. The van der Waals surface area contributed by atoms with Crippen LogP contribution in [-0.4, -0.2) is 29.1 Å². The van der Waals surface area contributed by atoms with Crippen molar-refractivity contribution in [3.8, 4) is 11.5 Å². The molecule has 1 aromatic heterocycles. The number of nitrogens with two attached hydrogens (primary N) is 1. The normalized spacial score (nSPS) is 11.7. The van der Waals surface area contributed by atoms with E-state index in [4.69, 9.17) is 15.2 Å². The molecule has 0 aliphatic carbocycles. The fraction of sp³-hybridized carbons (Fsp3) is 0.421. The Morgan fingerprint density at radius 1 is 1.12 bits per heavy atom. The number of anilines is 1. The quantitative estimate of drug-likeness (QED) is 0.714. The average Bonchev–Trinajstić information content (AvgIpc) is 2.65. The van der Waals surface area contributed by atoms with E-state index in [0.717, 1.165) is 18.4 Å². The summed E-state index contributed by atoms with van der Waals surface area (Å²) in [5.74, 6) is 1.12. The minimum Gasteiger partial charge on any atom is -0.490 e. The van der Waals surface area contributed by atoms with E-state index < -0.39 is 0 Å². The van der Waals surface area contributed by atoms with Crippen LogP contribution < -0.4 is 20.5 Å². The van der Waals surface area contributed by atoms with E-state index in [1.165, 1.54) is 12.4 Å². The number of nitrogens with zero attached hydrogens (tertiary/aromatic N) is 2. The lowest BCUT2D eigenvalue weighted by atomic mass is 10.1. The van der Waals surface area contributed by atoms with Crippen LogP contribution in [0.4, 0.5) is 5.82 Å². The minimum absolute atomic E-state index is 0.104. The maximum Gasteiger partial charge on any atom is 0.274 e. The molecule has 0 aliphatic heterocycles. The third-order valence-corrected chi connectivity index (χ3v) is 3.68. The number of hydrogen-bond acceptors (Lipinski definition) is 6. The molecule has 1 aromatic carbocycles. The lowest BCUT2D eigenvalue weighted by Gasteiger charge is -2.18. The second kappa shape index (κ2) is 9.60. The van der Waals surface area contributed by atoms with Gasteiger partial charge in [0.2, 0.25) is 0 Å². The van der Waals surface area contributed by atoms with E-state index >= 15 is 0 Å². The Morgan fingerprint density at radius 3 is 2.42 bits per heavy atom. The summed E-state index contributed by atoms with van der Waals surface area (Å²) in [5.41, 5.74) is 6.72. The third-order valence-electron chi connectivity index (χ3n) is 3.68. The fourth-order valence-electron chi connectivity index (χ4n) is 2.32. The van der Waals surface area contributed by atoms with Gasteiger partial charge in [-0.15, -0.1) is 0 Å². The van der Waals surface area contributed by atoms with Gasteiger partial charge in [-0.05, 0) is 37.5 Å². The van der Waals surface area contributed by atoms with Gasteiger partial charge in [0.15, 0.2) is 23.0 Å². The highest BCUT2D eigenvalue weighted by atomic mass is 16.5. The summed E-state index contributed by atoms with van der Waals surface area (Å²) in [7, 11) is 0. The molecule has 0 fully saturated rings. The lowest BCUT2D eigenvalue weighted by Crippen LogP contribution is -2.28. The van der Waals surface area contributed by atoms with Gasteiger partial charge < -0.3 is 20.5 Å². The second-order valence-corrected chi connectivity index (χ2v) is 5.89. The molecular formula is C19H26N4O3. The van der Waals surface area contributed by atoms with E-state index in [9.17, 15) is 4.79 Å². The molecule has 26 heavy (non-hydrogen) atoms. The van der Waals surface area contributed by atoms with Crippen LogP contribution in [-0.2, 0) is 0 Å². The first-order chi connectivity index (χ1) is 12.6. The maximum absolute atomic E-state index is 12.4. The number of nitrogen functional groups attached to an aromatic ring is 1. The molecule has 3 N–H and O–H groups in total. The van der Waals surface area contributed by atoms with Crippen molar-refractivity contribution in [2.45, 2.75) is 39.7 Å². The van der Waals surface area contributed by atoms with Crippen molar-refractivity contribution in [1.29, 1.82) is 0 Å². The van der Waals surface area contributed by atoms with Gasteiger partial charge in [0.1, 0.15) is 0 Å². The highest BCUT2D eigenvalue weighted by molar-refractivity contribution is 5.96. The zero-order valence-electron chi connectivity index (χ0n) is 15.5. The first kappa shape index (κ1) is 19.5. The number of benzene rings is 1. The molecule has 1 atom stereocenters. The Hall–Kier alpha value is -2.83. The molecule has 140 valence electrons. The van der Waals surface area contributed by atoms with Crippen molar-refractivity contribution < 1.29 is 14.3 Å². The summed E-state index contributed by atoms with van der Waals surface area (Å²) in [4.78, 5) is 20.2. The number of hydrogen-bond donors (Lipinski definition) is 2. The Labute approximate surface area is 153 Å². The van der Waals surface area contributed by atoms with Crippen LogP contribution in [0.15, 0.2) is 30.6 Å². The van der Waals surface area contributed by atoms with Crippen molar-refractivity contribution >= 4 is 11.7 Å². The minimum atomic E-state index is -0.370. The molecule has 0 radical (unpaired) electrons. The number of ether oxygens (including phenoxy) is 2. The van der Waals surface area contributed by atoms with Crippen LogP contribution in [0.1, 0.15) is 55.7 Å². The van der Waals surface area contributed by atoms with Crippen LogP contribution in [0.3, 0.4) is 0 Å². The van der Waals surface area contributed by atoms with Gasteiger partial charge >= 0.3 is 0 Å². The van der Waals surface area contributed by atoms with Crippen molar-refractivity contribution in [2.75, 3.05) is 18.9 Å². The first-order valence-corrected chi connectivity index (χ1v) is 8.83. The van der Waals surface area contributed by atoms with Crippen molar-refractivity contribution in [1.82, 2.24) is 15.3 Å². The lowest BCUT2D eigenvalue weighted by molar-refractivity contribution is 0.0935. The smallest absolute Gasteiger partial charge is 0.274 e. The van der Waals surface area contributed by atoms with Crippen LogP contribution in [0.5, 0.6) is 11.5 Å². The Morgan fingerprint density at radius 2 is 1.77 bits per heavy atom. The summed E-state index contributed by atoms with van der Waals surface area (Å²) < 4.78 is 11.5. The molecule has 0 bridgehead atoms. The zero-order chi connectivity index (χ0) is 18.9. The largest absolute Gasteiger partial charge is 0.490 e. The first-order valence-electron chi connectivity index (χ1n) is 8.83. The third kappa shape index (κ3) is 5.08. The number of carbonyl (C=O) groups excluding carboxylic acids is 1. The maximum atomic E-state index is 12.4. The standard InChI is InChI=1S/C19H26N4O3/c1-4-10-25-15-7-6-14(12-16(15)26-11-5-2)13(3)23-19(24)17-18(20)22-9-8-21-17/h6-9,12-13H,4-5,10-11H2,1-3H3,(H2,20,22)(H,23,24). The summed E-state index contributed by atoms with van der Waals surface area (Å²) >= 11 is 0. The Bertz CT molecular complexity index is 736. The average molecular weight is 358 g/mol. The molecule has 2 aromatic rings. The van der Waals surface area contributed by atoms with Gasteiger partial charge in [-0.2, -0.15) is 0 Å². The molecular weight excluding hydrogens is 332 g/mol. The van der Waals surface area contributed by atoms with Crippen LogP contribution >= 0.6 is 0 Å². The number of rotatable bonds is 9. The van der Waals surface area contributed by atoms with Crippen LogP contribution in [0, 0.1) is 0 Å². The predicted molar refractivity (Wildman–Crippen MR) is 100 cm³/mol. The summed E-state index contributed by atoms with van der Waals surface area (Å²) in [5, 5.41) is 2.88. The highest BCUT2D eigenvalue weighted by Gasteiger charge is 2.17. The van der Waals surface area contributed by atoms with E-state index in [2.05, 4.69) is 22.2 Å². The van der Waals surface area contributed by atoms with Gasteiger partial charge in [0.05, 0.1) is 19.3 Å². The molecule has 0 spiro atoms. The summed E-state index contributed by atoms with van der Waals surface area (Å²) in [6, 6.07) is 5.42. The van der Waals surface area contributed by atoms with E-state index in [1.54, 1.807) is 0 Å². The molecule has 7 heteroatoms. The Kier molecular flexibility index (Phi) is 7.20. The van der Waals surface area contributed by atoms with Crippen molar-refractivity contribution in [2.24, 2.45) is 0 Å². The number of amides is 1. The molecule has 1 unspecified atom stereocenters. The van der Waals surface area contributed by atoms with E-state index in [-0.39, 0.29) is 23.5 Å². The predicted octanol–water partition coefficient (Wildman–Crippen LogP) is 3.13. The topological polar surface area (TPSA) is 99.4 Å². The highest BCUT2D eigenvalue weighted by Crippen LogP contribution is 2.31. The Balaban J connectivity index is 2.15. The van der Waals surface area contributed by atoms with Gasteiger partial charge in [-0.3, -0.25) is 4.79 Å². The van der Waals surface area contributed by atoms with E-state index in [1.807, 2.05) is 32.0 Å². The van der Waals surface area contributed by atoms with Crippen LogP contribution in [0.25, 0.3) is 0 Å². The van der Waals surface area contributed by atoms with Crippen LogP contribution in [0.2, 0.25) is 0 Å². The van der Waals surface area contributed by atoms with Gasteiger partial charge in [-0.1, -0.05) is 19.9 Å². The second-order valence-electron chi connectivity index (χ2n) is 5.89. The molecule has 7 nitrogen and oxygen atoms in total. The van der Waals surface area contributed by atoms with Gasteiger partial charge in [-0.25, -0.2) is 9.97 Å². The summed E-state index contributed by atoms with van der Waals surface area (Å²) in [6.45, 7) is 7.21. The number of carbonyl (C=O) groups is 1. The molecule has 1 heterocycles. The van der Waals surface area contributed by atoms with E-state index in [0.29, 0.717) is 24.7 Å². The van der Waals surface area contributed by atoms with Crippen molar-refractivity contribution in [3.63, 3.8) is 0 Å². The SMILES string of the molecule is CCCOc1ccc(C(C)NC(=O)c2nccnc2N)cc1OCCC. The molecule has 0 saturated heterocycles. The molecule has 1 amide bonds. The number of nitrogens with one attached hydrogen (secondary N) is 1. The van der Waals surface area contributed by atoms with Gasteiger partial charge in [0, 0.05) is 12.4 Å². The summed E-state index contributed by atoms with van der Waals surface area (Å²) in [6.07, 6.45) is 4.70. The molecule has 2 rings (SSSR count). The fourth-order valence-corrected chi connectivity index (χ4v) is 2.32. The number of aromatic nitrogens is 2.